The normalized spacial score (nSPS) is 14.4. The molecule has 2 atom stereocenters. The molecule has 3 N–H and O–H groups in total. The molecule has 0 aliphatic rings. The third-order valence-electron chi connectivity index (χ3n) is 3.27. The Morgan fingerprint density at radius 2 is 1.80 bits per heavy atom. The molecule has 0 aromatic carbocycles. The van der Waals surface area contributed by atoms with E-state index in [1.54, 1.807) is 6.08 Å². The monoisotopic (exact) mass is 285 g/mol. The molecule has 0 fully saturated rings. The average Bonchev–Trinajstić information content (AvgIpc) is 2.44. The zero-order valence-corrected chi connectivity index (χ0v) is 13.0. The summed E-state index contributed by atoms with van der Waals surface area (Å²) in [4.78, 5) is 11.6. The van der Waals surface area contributed by atoms with E-state index >= 15 is 0 Å². The summed E-state index contributed by atoms with van der Waals surface area (Å²) in [6, 6.07) is -0.605. The number of carbonyl (C=O) groups excluding carboxylic acids is 1. The van der Waals surface area contributed by atoms with E-state index in [1.807, 2.05) is 6.08 Å². The van der Waals surface area contributed by atoms with Crippen LogP contribution in [0.5, 0.6) is 0 Å². The van der Waals surface area contributed by atoms with Gasteiger partial charge in [-0.05, 0) is 19.3 Å². The summed E-state index contributed by atoms with van der Waals surface area (Å²) in [6.45, 7) is 3.98. The first-order valence-corrected chi connectivity index (χ1v) is 7.90. The van der Waals surface area contributed by atoms with Crippen LogP contribution >= 0.6 is 0 Å². The van der Waals surface area contributed by atoms with Gasteiger partial charge >= 0.3 is 0 Å². The number of aliphatic hydroxyl groups excluding tert-OH is 2. The third-order valence-corrected chi connectivity index (χ3v) is 3.27. The molecule has 0 heterocycles. The molecule has 0 saturated carbocycles. The molecule has 4 nitrogen and oxygen atoms in total. The standard InChI is InChI=1S/C16H31NO3/c1-3-5-7-8-10-11-15(19)14(13-18)17-16(20)12-9-6-4-2/h10-11,14-15,18-19H,3-9,12-13H2,1-2H3,(H,17,20)/b11-10+. The van der Waals surface area contributed by atoms with Crippen molar-refractivity contribution < 1.29 is 15.0 Å². The molecular weight excluding hydrogens is 254 g/mol. The number of allylic oxidation sites excluding steroid dienone is 1. The van der Waals surface area contributed by atoms with Gasteiger partial charge in [-0.1, -0.05) is 51.7 Å². The molecule has 0 aromatic rings. The summed E-state index contributed by atoms with van der Waals surface area (Å²) < 4.78 is 0. The topological polar surface area (TPSA) is 69.6 Å². The van der Waals surface area contributed by atoms with Crippen molar-refractivity contribution in [2.45, 2.75) is 77.4 Å². The molecule has 0 aromatic heterocycles. The van der Waals surface area contributed by atoms with E-state index in [9.17, 15) is 15.0 Å². The van der Waals surface area contributed by atoms with Crippen LogP contribution in [0.4, 0.5) is 0 Å². The third kappa shape index (κ3) is 9.98. The maximum atomic E-state index is 11.6. The smallest absolute Gasteiger partial charge is 0.220 e. The first-order valence-electron chi connectivity index (χ1n) is 7.90. The number of hydrogen-bond donors (Lipinski definition) is 3. The van der Waals surface area contributed by atoms with Gasteiger partial charge in [0, 0.05) is 6.42 Å². The number of unbranched alkanes of at least 4 members (excludes halogenated alkanes) is 5. The highest BCUT2D eigenvalue weighted by Crippen LogP contribution is 2.04. The molecule has 0 bridgehead atoms. The lowest BCUT2D eigenvalue weighted by molar-refractivity contribution is -0.123. The fourth-order valence-corrected chi connectivity index (χ4v) is 1.94. The molecular formula is C16H31NO3. The van der Waals surface area contributed by atoms with E-state index in [4.69, 9.17) is 0 Å². The van der Waals surface area contributed by atoms with Crippen molar-refractivity contribution in [3.05, 3.63) is 12.2 Å². The van der Waals surface area contributed by atoms with Gasteiger partial charge in [0.05, 0.1) is 18.8 Å². The second-order valence-corrected chi connectivity index (χ2v) is 5.23. The Kier molecular flexibility index (Phi) is 12.6. The van der Waals surface area contributed by atoms with Gasteiger partial charge in [0.1, 0.15) is 0 Å². The highest BCUT2D eigenvalue weighted by Gasteiger charge is 2.17. The maximum Gasteiger partial charge on any atom is 0.220 e. The van der Waals surface area contributed by atoms with Crippen LogP contribution in [0, 0.1) is 0 Å². The van der Waals surface area contributed by atoms with E-state index in [-0.39, 0.29) is 12.5 Å². The first kappa shape index (κ1) is 19.1. The van der Waals surface area contributed by atoms with Crippen LogP contribution < -0.4 is 5.32 Å². The Morgan fingerprint density at radius 3 is 2.40 bits per heavy atom. The second-order valence-electron chi connectivity index (χ2n) is 5.23. The minimum absolute atomic E-state index is 0.101. The second kappa shape index (κ2) is 13.1. The Morgan fingerprint density at radius 1 is 1.15 bits per heavy atom. The molecule has 0 rings (SSSR count). The molecule has 4 heteroatoms. The van der Waals surface area contributed by atoms with Crippen molar-refractivity contribution in [1.29, 1.82) is 0 Å². The van der Waals surface area contributed by atoms with Crippen molar-refractivity contribution in [3.8, 4) is 0 Å². The van der Waals surface area contributed by atoms with Gasteiger partial charge < -0.3 is 15.5 Å². The highest BCUT2D eigenvalue weighted by molar-refractivity contribution is 5.76. The fraction of sp³-hybridized carbons (Fsp3) is 0.812. The molecule has 0 aliphatic heterocycles. The van der Waals surface area contributed by atoms with Gasteiger partial charge in [0.25, 0.3) is 0 Å². The molecule has 0 aliphatic carbocycles. The predicted molar refractivity (Wildman–Crippen MR) is 82.4 cm³/mol. The first-order chi connectivity index (χ1) is 9.65. The van der Waals surface area contributed by atoms with Gasteiger partial charge in [-0.25, -0.2) is 0 Å². The SMILES string of the molecule is CCCCC/C=C/C(O)C(CO)NC(=O)CCCCC. The van der Waals surface area contributed by atoms with Crippen LogP contribution in [0.15, 0.2) is 12.2 Å². The largest absolute Gasteiger partial charge is 0.394 e. The Balaban J connectivity index is 4.00. The highest BCUT2D eigenvalue weighted by atomic mass is 16.3. The van der Waals surface area contributed by atoms with Crippen LogP contribution in [-0.2, 0) is 4.79 Å². The number of rotatable bonds is 12. The quantitative estimate of drug-likeness (QED) is 0.381. The molecule has 20 heavy (non-hydrogen) atoms. The summed E-state index contributed by atoms with van der Waals surface area (Å²) in [5.41, 5.74) is 0. The minimum atomic E-state index is -0.822. The zero-order chi connectivity index (χ0) is 15.2. The summed E-state index contributed by atoms with van der Waals surface area (Å²) >= 11 is 0. The summed E-state index contributed by atoms with van der Waals surface area (Å²) in [5.74, 6) is -0.101. The van der Waals surface area contributed by atoms with Crippen LogP contribution in [0.2, 0.25) is 0 Å². The van der Waals surface area contributed by atoms with E-state index in [0.717, 1.165) is 32.1 Å². The Labute approximate surface area is 123 Å². The molecule has 2 unspecified atom stereocenters. The molecule has 0 saturated heterocycles. The van der Waals surface area contributed by atoms with E-state index < -0.39 is 12.1 Å². The Hall–Kier alpha value is -0.870. The summed E-state index contributed by atoms with van der Waals surface area (Å²) in [6.07, 6.45) is 10.5. The van der Waals surface area contributed by atoms with Crippen molar-refractivity contribution in [2.75, 3.05) is 6.61 Å². The van der Waals surface area contributed by atoms with E-state index in [0.29, 0.717) is 6.42 Å². The van der Waals surface area contributed by atoms with Crippen molar-refractivity contribution >= 4 is 5.91 Å². The van der Waals surface area contributed by atoms with E-state index in [1.165, 1.54) is 12.8 Å². The molecule has 1 amide bonds. The van der Waals surface area contributed by atoms with Crippen LogP contribution in [0.25, 0.3) is 0 Å². The van der Waals surface area contributed by atoms with Gasteiger partial charge in [-0.3, -0.25) is 4.79 Å². The number of amides is 1. The number of aliphatic hydroxyl groups is 2. The van der Waals surface area contributed by atoms with Gasteiger partial charge in [0.15, 0.2) is 0 Å². The lowest BCUT2D eigenvalue weighted by Crippen LogP contribution is -2.45. The predicted octanol–water partition coefficient (Wildman–Crippen LogP) is 2.54. The lowest BCUT2D eigenvalue weighted by atomic mass is 10.1. The molecule has 0 radical (unpaired) electrons. The number of nitrogens with one attached hydrogen (secondary N) is 1. The fourth-order valence-electron chi connectivity index (χ4n) is 1.94. The molecule has 0 spiro atoms. The van der Waals surface area contributed by atoms with Gasteiger partial charge in [-0.2, -0.15) is 0 Å². The minimum Gasteiger partial charge on any atom is -0.394 e. The Bertz CT molecular complexity index is 266. The van der Waals surface area contributed by atoms with Gasteiger partial charge in [0.2, 0.25) is 5.91 Å². The van der Waals surface area contributed by atoms with Crippen molar-refractivity contribution in [1.82, 2.24) is 5.32 Å². The number of hydrogen-bond acceptors (Lipinski definition) is 3. The lowest BCUT2D eigenvalue weighted by Gasteiger charge is -2.19. The maximum absolute atomic E-state index is 11.6. The van der Waals surface area contributed by atoms with Crippen LogP contribution in [-0.4, -0.2) is 34.9 Å². The summed E-state index contributed by atoms with van der Waals surface area (Å²) in [7, 11) is 0. The van der Waals surface area contributed by atoms with E-state index in [2.05, 4.69) is 19.2 Å². The van der Waals surface area contributed by atoms with Crippen molar-refractivity contribution in [2.24, 2.45) is 0 Å². The molecule has 118 valence electrons. The van der Waals surface area contributed by atoms with Crippen LogP contribution in [0.3, 0.4) is 0 Å². The number of carbonyl (C=O) groups is 1. The van der Waals surface area contributed by atoms with Gasteiger partial charge in [-0.15, -0.1) is 0 Å². The zero-order valence-electron chi connectivity index (χ0n) is 13.0. The van der Waals surface area contributed by atoms with Crippen molar-refractivity contribution in [3.63, 3.8) is 0 Å². The van der Waals surface area contributed by atoms with Crippen LogP contribution in [0.1, 0.15) is 65.2 Å². The average molecular weight is 285 g/mol. The summed E-state index contributed by atoms with van der Waals surface area (Å²) in [5, 5.41) is 21.9.